The first-order valence-corrected chi connectivity index (χ1v) is 12.2. The molecule has 1 aromatic carbocycles. The molecule has 15 heteroatoms. The van der Waals surface area contributed by atoms with Crippen LogP contribution in [-0.2, 0) is 34.1 Å². The Bertz CT molecular complexity index is 1130. The second-order valence-corrected chi connectivity index (χ2v) is 9.25. The first-order chi connectivity index (χ1) is 16.4. The number of carbonyl (C=O) groups excluding carboxylic acids is 5. The highest BCUT2D eigenvalue weighted by Gasteiger charge is 2.48. The molecule has 0 aromatic heterocycles. The Morgan fingerprint density at radius 2 is 1.80 bits per heavy atom. The first kappa shape index (κ1) is 26.1. The molecular weight excluding hydrogens is 486 g/mol. The normalized spacial score (nSPS) is 21.5. The number of rotatable bonds is 8. The fourth-order valence-electron chi connectivity index (χ4n) is 3.64. The van der Waals surface area contributed by atoms with Gasteiger partial charge in [-0.15, -0.1) is 0 Å². The van der Waals surface area contributed by atoms with Gasteiger partial charge in [-0.25, -0.2) is 9.86 Å². The maximum atomic E-state index is 13.1. The van der Waals surface area contributed by atoms with Gasteiger partial charge in [0.05, 0.1) is 6.04 Å². The van der Waals surface area contributed by atoms with Crippen molar-refractivity contribution in [2.45, 2.75) is 32.0 Å². The molecule has 2 fully saturated rings. The van der Waals surface area contributed by atoms with Crippen molar-refractivity contribution < 1.29 is 41.8 Å². The summed E-state index contributed by atoms with van der Waals surface area (Å²) in [5.74, 6) is -4.52. The van der Waals surface area contributed by atoms with Crippen molar-refractivity contribution in [1.29, 1.82) is 0 Å². The summed E-state index contributed by atoms with van der Waals surface area (Å²) < 4.78 is 30.4. The van der Waals surface area contributed by atoms with E-state index in [2.05, 4.69) is 10.6 Å². The van der Waals surface area contributed by atoms with Crippen LogP contribution in [0.15, 0.2) is 30.3 Å². The zero-order valence-corrected chi connectivity index (χ0v) is 19.7. The number of likely N-dealkylation sites (N-methyl/N-ethyl adjacent to an activating group) is 1. The molecule has 2 aliphatic heterocycles. The fraction of sp³-hybridized carbons (Fsp3) is 0.450. The lowest BCUT2D eigenvalue weighted by atomic mass is 9.98. The predicted octanol–water partition coefficient (Wildman–Crippen LogP) is -1.38. The van der Waals surface area contributed by atoms with Crippen molar-refractivity contribution in [3.63, 3.8) is 0 Å². The average molecular weight is 512 g/mol. The summed E-state index contributed by atoms with van der Waals surface area (Å²) in [6.45, 7) is 3.60. The molecule has 3 N–H and O–H groups in total. The molecule has 190 valence electrons. The highest BCUT2D eigenvalue weighted by atomic mass is 32.2. The zero-order valence-electron chi connectivity index (χ0n) is 18.9. The molecule has 2 heterocycles. The van der Waals surface area contributed by atoms with Crippen molar-refractivity contribution in [2.75, 3.05) is 25.6 Å². The second kappa shape index (κ2) is 10.4. The van der Waals surface area contributed by atoms with Gasteiger partial charge in [0.1, 0.15) is 12.1 Å². The molecule has 1 unspecified atom stereocenters. The Hall–Kier alpha value is -3.56. The largest absolute Gasteiger partial charge is 0.340 e. The molecule has 14 nitrogen and oxygen atoms in total. The van der Waals surface area contributed by atoms with Gasteiger partial charge in [-0.05, 0) is 19.4 Å². The van der Waals surface area contributed by atoms with Crippen molar-refractivity contribution in [3.05, 3.63) is 35.9 Å². The molecule has 0 saturated carbocycles. The summed E-state index contributed by atoms with van der Waals surface area (Å²) in [5, 5.41) is 5.61. The molecule has 6 amide bonds. The molecule has 0 aliphatic carbocycles. The van der Waals surface area contributed by atoms with E-state index in [4.69, 9.17) is 9.39 Å². The molecule has 0 bridgehead atoms. The van der Waals surface area contributed by atoms with Gasteiger partial charge < -0.3 is 15.5 Å². The molecule has 0 spiro atoms. The SMILES string of the molecule is CCN1CCN(C(=O)NC(C(=O)N[C@@H]2C(=O)N(OCS(=O)(=O)O)[C@H]2C)c2ccccc2)C(=O)C1=O. The monoisotopic (exact) mass is 511 g/mol. The van der Waals surface area contributed by atoms with Crippen molar-refractivity contribution in [2.24, 2.45) is 0 Å². The van der Waals surface area contributed by atoms with Crippen LogP contribution in [0, 0.1) is 0 Å². The fourth-order valence-corrected chi connectivity index (χ4v) is 3.88. The van der Waals surface area contributed by atoms with Crippen molar-refractivity contribution in [3.8, 4) is 0 Å². The van der Waals surface area contributed by atoms with Crippen LogP contribution < -0.4 is 10.6 Å². The van der Waals surface area contributed by atoms with Gasteiger partial charge in [-0.3, -0.25) is 33.5 Å². The Morgan fingerprint density at radius 1 is 1.14 bits per heavy atom. The lowest BCUT2D eigenvalue weighted by Crippen LogP contribution is -2.70. The van der Waals surface area contributed by atoms with Crippen LogP contribution in [0.3, 0.4) is 0 Å². The Kier molecular flexibility index (Phi) is 7.72. The highest BCUT2D eigenvalue weighted by Crippen LogP contribution is 2.22. The van der Waals surface area contributed by atoms with Gasteiger partial charge >= 0.3 is 17.8 Å². The lowest BCUT2D eigenvalue weighted by molar-refractivity contribution is -0.224. The minimum atomic E-state index is -4.48. The van der Waals surface area contributed by atoms with Gasteiger partial charge in [0.25, 0.3) is 16.0 Å². The standard InChI is InChI=1S/C20H25N5O9S/c1-3-23-9-10-24(19(29)18(23)28)20(30)22-15(13-7-5-4-6-8-13)16(26)21-14-12(2)25(17(14)27)34-11-35(31,32)33/h4-8,12,14-15H,3,9-11H2,1-2H3,(H,21,26)(H,22,30)(H,31,32,33)/t12-,14-,15?/m0/s1. The number of piperazine rings is 1. The minimum Gasteiger partial charge on any atom is -0.340 e. The number of urea groups is 1. The summed E-state index contributed by atoms with van der Waals surface area (Å²) in [5.41, 5.74) is 0.350. The molecule has 1 aromatic rings. The number of imide groups is 1. The van der Waals surface area contributed by atoms with E-state index in [-0.39, 0.29) is 13.1 Å². The topological polar surface area (TPSA) is 183 Å². The molecule has 3 atom stereocenters. The second-order valence-electron chi connectivity index (χ2n) is 7.85. The maximum Gasteiger partial charge on any atom is 0.325 e. The quantitative estimate of drug-likeness (QED) is 0.215. The van der Waals surface area contributed by atoms with E-state index in [0.717, 1.165) is 4.90 Å². The van der Waals surface area contributed by atoms with E-state index >= 15 is 0 Å². The third-order valence-electron chi connectivity index (χ3n) is 5.57. The summed E-state index contributed by atoms with van der Waals surface area (Å²) in [7, 11) is -4.48. The van der Waals surface area contributed by atoms with E-state index in [1.807, 2.05) is 0 Å². The Labute approximate surface area is 200 Å². The van der Waals surface area contributed by atoms with E-state index in [9.17, 15) is 32.4 Å². The third-order valence-corrected chi connectivity index (χ3v) is 5.98. The molecule has 2 aliphatic rings. The first-order valence-electron chi connectivity index (χ1n) is 10.6. The molecule has 2 saturated heterocycles. The summed E-state index contributed by atoms with van der Waals surface area (Å²) in [4.78, 5) is 69.5. The van der Waals surface area contributed by atoms with Crippen molar-refractivity contribution >= 4 is 39.8 Å². The van der Waals surface area contributed by atoms with Crippen LogP contribution in [0.5, 0.6) is 0 Å². The number of hydrogen-bond donors (Lipinski definition) is 3. The molecule has 35 heavy (non-hydrogen) atoms. The third kappa shape index (κ3) is 5.75. The van der Waals surface area contributed by atoms with Gasteiger partial charge in [0.2, 0.25) is 11.8 Å². The van der Waals surface area contributed by atoms with E-state index in [1.165, 1.54) is 11.8 Å². The van der Waals surface area contributed by atoms with Crippen molar-refractivity contribution in [1.82, 2.24) is 25.5 Å². The number of hydrogen-bond acceptors (Lipinski definition) is 8. The van der Waals surface area contributed by atoms with Crippen LogP contribution in [0.1, 0.15) is 25.5 Å². The van der Waals surface area contributed by atoms with Gasteiger partial charge in [-0.1, -0.05) is 30.3 Å². The van der Waals surface area contributed by atoms with E-state index in [1.54, 1.807) is 37.3 Å². The smallest absolute Gasteiger partial charge is 0.325 e. The highest BCUT2D eigenvalue weighted by molar-refractivity contribution is 7.85. The van der Waals surface area contributed by atoms with Gasteiger partial charge in [-0.2, -0.15) is 8.42 Å². The van der Waals surface area contributed by atoms with Crippen LogP contribution in [-0.4, -0.2) is 95.2 Å². The number of carbonyl (C=O) groups is 5. The number of nitrogens with one attached hydrogen (secondary N) is 2. The molecular formula is C20H25N5O9S. The maximum absolute atomic E-state index is 13.1. The summed E-state index contributed by atoms with van der Waals surface area (Å²) >= 11 is 0. The van der Waals surface area contributed by atoms with E-state index in [0.29, 0.717) is 17.2 Å². The van der Waals surface area contributed by atoms with Gasteiger partial charge in [0.15, 0.2) is 0 Å². The Morgan fingerprint density at radius 3 is 2.37 bits per heavy atom. The Balaban J connectivity index is 1.71. The lowest BCUT2D eigenvalue weighted by Gasteiger charge is -2.43. The zero-order chi connectivity index (χ0) is 25.9. The predicted molar refractivity (Wildman–Crippen MR) is 117 cm³/mol. The number of hydroxylamine groups is 2. The van der Waals surface area contributed by atoms with Crippen LogP contribution >= 0.6 is 0 Å². The van der Waals surface area contributed by atoms with Crippen LogP contribution in [0.25, 0.3) is 0 Å². The summed E-state index contributed by atoms with van der Waals surface area (Å²) in [6, 6.07) is 3.91. The van der Waals surface area contributed by atoms with E-state index < -0.39 is 63.8 Å². The number of benzene rings is 1. The van der Waals surface area contributed by atoms with Gasteiger partial charge in [0, 0.05) is 19.6 Å². The molecule has 0 radical (unpaired) electrons. The number of β-lactam (4-membered cyclic amide) rings is 1. The van der Waals surface area contributed by atoms with Crippen LogP contribution in [0.2, 0.25) is 0 Å². The van der Waals surface area contributed by atoms with Crippen LogP contribution in [0.4, 0.5) is 4.79 Å². The summed E-state index contributed by atoms with van der Waals surface area (Å²) in [6.07, 6.45) is 0. The number of nitrogens with zero attached hydrogens (tertiary/aromatic N) is 3. The minimum absolute atomic E-state index is 0.0500. The number of amides is 6. The molecule has 3 rings (SSSR count). The average Bonchev–Trinajstić information content (AvgIpc) is 2.82.